The standard InChI is InChI=1S/C23H31N3O2.HI/c1-2-24-23(26-16-22-13-8-14-28-22)25-15-20-11-6-7-12-21(20)18-27-17-19-9-4-3-5-10-19;/h3-7,9-12,22H,2,8,13-18H2,1H3,(H2,24,25,26);1H. The predicted molar refractivity (Wildman–Crippen MR) is 129 cm³/mol. The van der Waals surface area contributed by atoms with E-state index in [1.165, 1.54) is 16.7 Å². The molecule has 5 nitrogen and oxygen atoms in total. The number of aliphatic imine (C=N–C) groups is 1. The number of halogens is 1. The lowest BCUT2D eigenvalue weighted by atomic mass is 10.1. The van der Waals surface area contributed by atoms with Crippen LogP contribution in [-0.4, -0.2) is 31.8 Å². The van der Waals surface area contributed by atoms with E-state index in [1.807, 2.05) is 18.2 Å². The van der Waals surface area contributed by atoms with Gasteiger partial charge in [0.05, 0.1) is 25.9 Å². The number of guanidine groups is 1. The van der Waals surface area contributed by atoms with Gasteiger partial charge in [0.25, 0.3) is 0 Å². The summed E-state index contributed by atoms with van der Waals surface area (Å²) in [4.78, 5) is 4.75. The Hall–Kier alpha value is -1.64. The van der Waals surface area contributed by atoms with Crippen LogP contribution in [0.15, 0.2) is 59.6 Å². The smallest absolute Gasteiger partial charge is 0.191 e. The molecular formula is C23H32IN3O2. The van der Waals surface area contributed by atoms with Gasteiger partial charge in [-0.15, -0.1) is 24.0 Å². The Morgan fingerprint density at radius 2 is 1.79 bits per heavy atom. The summed E-state index contributed by atoms with van der Waals surface area (Å²) in [6.45, 7) is 6.40. The number of hydrogen-bond donors (Lipinski definition) is 2. The first kappa shape index (κ1) is 23.6. The van der Waals surface area contributed by atoms with Crippen molar-refractivity contribution in [2.24, 2.45) is 4.99 Å². The third kappa shape index (κ3) is 8.32. The largest absolute Gasteiger partial charge is 0.376 e. The van der Waals surface area contributed by atoms with Gasteiger partial charge in [-0.2, -0.15) is 0 Å². The highest BCUT2D eigenvalue weighted by atomic mass is 127. The van der Waals surface area contributed by atoms with Crippen molar-refractivity contribution in [1.29, 1.82) is 0 Å². The first-order valence-corrected chi connectivity index (χ1v) is 10.2. The Balaban J connectivity index is 0.00000300. The summed E-state index contributed by atoms with van der Waals surface area (Å²) in [6, 6.07) is 18.6. The van der Waals surface area contributed by atoms with Crippen LogP contribution in [-0.2, 0) is 29.2 Å². The second kappa shape index (κ2) is 13.6. The zero-order valence-corrected chi connectivity index (χ0v) is 19.4. The maximum atomic E-state index is 5.92. The third-order valence-electron chi connectivity index (χ3n) is 4.76. The van der Waals surface area contributed by atoms with Crippen LogP contribution in [0.1, 0.15) is 36.5 Å². The molecule has 0 aromatic heterocycles. The highest BCUT2D eigenvalue weighted by Crippen LogP contribution is 2.13. The number of nitrogens with zero attached hydrogens (tertiary/aromatic N) is 1. The summed E-state index contributed by atoms with van der Waals surface area (Å²) < 4.78 is 11.6. The van der Waals surface area contributed by atoms with E-state index in [0.29, 0.717) is 25.9 Å². The molecule has 29 heavy (non-hydrogen) atoms. The molecule has 0 amide bonds. The van der Waals surface area contributed by atoms with E-state index in [9.17, 15) is 0 Å². The minimum atomic E-state index is 0. The topological polar surface area (TPSA) is 54.9 Å². The normalized spacial score (nSPS) is 16.3. The molecule has 0 radical (unpaired) electrons. The molecule has 0 saturated carbocycles. The summed E-state index contributed by atoms with van der Waals surface area (Å²) in [5, 5.41) is 6.71. The van der Waals surface area contributed by atoms with Crippen molar-refractivity contribution in [3.8, 4) is 0 Å². The Morgan fingerprint density at radius 1 is 1.03 bits per heavy atom. The van der Waals surface area contributed by atoms with Gasteiger partial charge in [-0.1, -0.05) is 54.6 Å². The summed E-state index contributed by atoms with van der Waals surface area (Å²) >= 11 is 0. The molecule has 1 unspecified atom stereocenters. The first-order chi connectivity index (χ1) is 13.8. The Kier molecular flexibility index (Phi) is 11.1. The fourth-order valence-electron chi connectivity index (χ4n) is 3.23. The predicted octanol–water partition coefficient (Wildman–Crippen LogP) is 4.26. The highest BCUT2D eigenvalue weighted by molar-refractivity contribution is 14.0. The van der Waals surface area contributed by atoms with Crippen molar-refractivity contribution in [3.63, 3.8) is 0 Å². The van der Waals surface area contributed by atoms with Gasteiger partial charge < -0.3 is 20.1 Å². The van der Waals surface area contributed by atoms with E-state index in [2.05, 4.69) is 54.0 Å². The molecular weight excluding hydrogens is 477 g/mol. The summed E-state index contributed by atoms with van der Waals surface area (Å²) in [5.41, 5.74) is 3.55. The van der Waals surface area contributed by atoms with Gasteiger partial charge in [-0.05, 0) is 36.5 Å². The van der Waals surface area contributed by atoms with Crippen molar-refractivity contribution in [1.82, 2.24) is 10.6 Å². The zero-order valence-electron chi connectivity index (χ0n) is 17.1. The van der Waals surface area contributed by atoms with Crippen LogP contribution in [0, 0.1) is 0 Å². The fourth-order valence-corrected chi connectivity index (χ4v) is 3.23. The molecule has 1 aliphatic rings. The second-order valence-corrected chi connectivity index (χ2v) is 6.96. The van der Waals surface area contributed by atoms with Crippen LogP contribution in [0.5, 0.6) is 0 Å². The Morgan fingerprint density at radius 3 is 2.52 bits per heavy atom. The maximum absolute atomic E-state index is 5.92. The molecule has 158 valence electrons. The molecule has 0 aliphatic carbocycles. The van der Waals surface area contributed by atoms with E-state index < -0.39 is 0 Å². The minimum absolute atomic E-state index is 0. The monoisotopic (exact) mass is 509 g/mol. The molecule has 1 atom stereocenters. The van der Waals surface area contributed by atoms with Crippen LogP contribution >= 0.6 is 24.0 Å². The zero-order chi connectivity index (χ0) is 19.4. The molecule has 2 aromatic rings. The van der Waals surface area contributed by atoms with Crippen LogP contribution in [0.4, 0.5) is 0 Å². The molecule has 2 N–H and O–H groups in total. The van der Waals surface area contributed by atoms with Crippen molar-refractivity contribution < 1.29 is 9.47 Å². The maximum Gasteiger partial charge on any atom is 0.191 e. The number of benzene rings is 2. The van der Waals surface area contributed by atoms with Crippen LogP contribution < -0.4 is 10.6 Å². The van der Waals surface area contributed by atoms with E-state index >= 15 is 0 Å². The van der Waals surface area contributed by atoms with E-state index in [-0.39, 0.29) is 24.0 Å². The number of hydrogen-bond acceptors (Lipinski definition) is 3. The molecule has 0 spiro atoms. The van der Waals surface area contributed by atoms with E-state index in [4.69, 9.17) is 14.5 Å². The van der Waals surface area contributed by atoms with Crippen molar-refractivity contribution in [3.05, 3.63) is 71.3 Å². The minimum Gasteiger partial charge on any atom is -0.376 e. The quantitative estimate of drug-likeness (QED) is 0.302. The van der Waals surface area contributed by atoms with Gasteiger partial charge in [0.2, 0.25) is 0 Å². The molecule has 1 heterocycles. The van der Waals surface area contributed by atoms with Gasteiger partial charge in [0.1, 0.15) is 0 Å². The van der Waals surface area contributed by atoms with E-state index in [1.54, 1.807) is 0 Å². The van der Waals surface area contributed by atoms with Crippen LogP contribution in [0.3, 0.4) is 0 Å². The summed E-state index contributed by atoms with van der Waals surface area (Å²) in [7, 11) is 0. The van der Waals surface area contributed by atoms with Crippen molar-refractivity contribution in [2.75, 3.05) is 19.7 Å². The lowest BCUT2D eigenvalue weighted by Crippen LogP contribution is -2.41. The van der Waals surface area contributed by atoms with Gasteiger partial charge in [-0.3, -0.25) is 0 Å². The molecule has 6 heteroatoms. The third-order valence-corrected chi connectivity index (χ3v) is 4.76. The highest BCUT2D eigenvalue weighted by Gasteiger charge is 2.15. The van der Waals surface area contributed by atoms with Gasteiger partial charge in [0.15, 0.2) is 5.96 Å². The Bertz CT molecular complexity index is 734. The molecule has 2 aromatic carbocycles. The number of nitrogens with one attached hydrogen (secondary N) is 2. The average molecular weight is 509 g/mol. The lowest BCUT2D eigenvalue weighted by Gasteiger charge is -2.15. The van der Waals surface area contributed by atoms with Crippen LogP contribution in [0.25, 0.3) is 0 Å². The van der Waals surface area contributed by atoms with Gasteiger partial charge in [-0.25, -0.2) is 4.99 Å². The molecule has 1 aliphatic heterocycles. The SMILES string of the molecule is CCNC(=NCc1ccccc1COCc1ccccc1)NCC1CCCO1.I. The van der Waals surface area contributed by atoms with Crippen molar-refractivity contribution in [2.45, 2.75) is 45.6 Å². The number of ether oxygens (including phenoxy) is 2. The lowest BCUT2D eigenvalue weighted by molar-refractivity contribution is 0.106. The summed E-state index contributed by atoms with van der Waals surface area (Å²) in [5.74, 6) is 0.831. The fraction of sp³-hybridized carbons (Fsp3) is 0.435. The van der Waals surface area contributed by atoms with Gasteiger partial charge in [0, 0.05) is 19.7 Å². The Labute approximate surface area is 191 Å². The van der Waals surface area contributed by atoms with Crippen molar-refractivity contribution >= 4 is 29.9 Å². The van der Waals surface area contributed by atoms with E-state index in [0.717, 1.165) is 38.5 Å². The molecule has 0 bridgehead atoms. The summed E-state index contributed by atoms with van der Waals surface area (Å²) in [6.07, 6.45) is 2.56. The second-order valence-electron chi connectivity index (χ2n) is 6.96. The first-order valence-electron chi connectivity index (χ1n) is 10.2. The molecule has 1 saturated heterocycles. The number of rotatable bonds is 9. The molecule has 1 fully saturated rings. The van der Waals surface area contributed by atoms with Gasteiger partial charge >= 0.3 is 0 Å². The van der Waals surface area contributed by atoms with Crippen LogP contribution in [0.2, 0.25) is 0 Å². The molecule has 3 rings (SSSR count). The average Bonchev–Trinajstić information content (AvgIpc) is 3.25.